The van der Waals surface area contributed by atoms with Gasteiger partial charge in [0.1, 0.15) is 5.60 Å². The summed E-state index contributed by atoms with van der Waals surface area (Å²) in [5, 5.41) is 11.3. The molecular formula is C15H13N2O4-. The predicted octanol–water partition coefficient (Wildman–Crippen LogP) is -0.886. The van der Waals surface area contributed by atoms with Crippen molar-refractivity contribution in [2.45, 2.75) is 18.2 Å². The predicted molar refractivity (Wildman–Crippen MR) is 68.4 cm³/mol. The van der Waals surface area contributed by atoms with E-state index in [1.54, 1.807) is 23.4 Å². The van der Waals surface area contributed by atoms with Crippen molar-refractivity contribution in [3.05, 3.63) is 42.2 Å². The zero-order valence-corrected chi connectivity index (χ0v) is 11.1. The van der Waals surface area contributed by atoms with Crippen molar-refractivity contribution in [2.75, 3.05) is 6.54 Å². The zero-order chi connectivity index (χ0) is 14.6. The number of carboxylic acid groups (broad SMARTS) is 1. The molecule has 0 aliphatic carbocycles. The van der Waals surface area contributed by atoms with Gasteiger partial charge in [-0.05, 0) is 17.7 Å². The second kappa shape index (κ2) is 4.14. The van der Waals surface area contributed by atoms with Gasteiger partial charge in [-0.2, -0.15) is 0 Å². The normalized spacial score (nSPS) is 36.3. The Balaban J connectivity index is 1.63. The van der Waals surface area contributed by atoms with Gasteiger partial charge in [0.05, 0.1) is 18.6 Å². The molecule has 4 rings (SSSR count). The van der Waals surface area contributed by atoms with E-state index in [2.05, 4.69) is 4.98 Å². The number of hydrogen-bond acceptors (Lipinski definition) is 5. The van der Waals surface area contributed by atoms with Gasteiger partial charge in [-0.15, -0.1) is 0 Å². The van der Waals surface area contributed by atoms with Crippen molar-refractivity contribution >= 4 is 11.9 Å². The number of rotatable bonds is 3. The maximum Gasteiger partial charge on any atom is 0.230 e. The third-order valence-corrected chi connectivity index (χ3v) is 4.57. The fraction of sp³-hybridized carbons (Fsp3) is 0.400. The number of carbonyl (C=O) groups is 2. The Morgan fingerprint density at radius 1 is 1.48 bits per heavy atom. The van der Waals surface area contributed by atoms with Crippen LogP contribution in [-0.2, 0) is 20.9 Å². The maximum absolute atomic E-state index is 12.6. The number of fused-ring (bicyclic) bond motifs is 1. The number of pyridine rings is 1. The Morgan fingerprint density at radius 3 is 2.95 bits per heavy atom. The molecule has 4 atom stereocenters. The van der Waals surface area contributed by atoms with Crippen molar-refractivity contribution in [3.63, 3.8) is 0 Å². The quantitative estimate of drug-likeness (QED) is 0.673. The molecule has 1 aromatic rings. The van der Waals surface area contributed by atoms with Gasteiger partial charge in [0, 0.05) is 30.8 Å². The molecular weight excluding hydrogens is 272 g/mol. The molecule has 1 aromatic heterocycles. The molecule has 1 amide bonds. The fourth-order valence-electron chi connectivity index (χ4n) is 3.69. The first-order valence-electron chi connectivity index (χ1n) is 6.86. The molecule has 6 nitrogen and oxygen atoms in total. The standard InChI is InChI=1S/C15H14N2O4/c18-13-12-11(14(19)20)10-1-4-15(12,21-10)8-17(13)7-9-2-5-16-6-3-9/h1-6,10-12H,7-8H2,(H,19,20)/p-1/t10-,11-,12+,15+/m0/s1. The van der Waals surface area contributed by atoms with E-state index in [9.17, 15) is 14.7 Å². The third-order valence-electron chi connectivity index (χ3n) is 4.57. The minimum Gasteiger partial charge on any atom is -0.550 e. The first-order valence-corrected chi connectivity index (χ1v) is 6.86. The third kappa shape index (κ3) is 1.65. The minimum atomic E-state index is -1.21. The molecule has 108 valence electrons. The number of ether oxygens (including phenoxy) is 1. The van der Waals surface area contributed by atoms with Gasteiger partial charge >= 0.3 is 0 Å². The lowest BCUT2D eigenvalue weighted by atomic mass is 9.77. The molecule has 2 fully saturated rings. The Bertz CT molecular complexity index is 644. The molecule has 0 radical (unpaired) electrons. The first-order chi connectivity index (χ1) is 10.1. The minimum absolute atomic E-state index is 0.173. The van der Waals surface area contributed by atoms with Gasteiger partial charge in [0.25, 0.3) is 0 Å². The number of hydrogen-bond donors (Lipinski definition) is 0. The van der Waals surface area contributed by atoms with Crippen LogP contribution in [0.4, 0.5) is 0 Å². The van der Waals surface area contributed by atoms with Crippen LogP contribution in [0.15, 0.2) is 36.7 Å². The molecule has 3 aliphatic rings. The van der Waals surface area contributed by atoms with Gasteiger partial charge in [-0.1, -0.05) is 12.2 Å². The van der Waals surface area contributed by atoms with E-state index < -0.39 is 29.5 Å². The molecule has 2 bridgehead atoms. The lowest BCUT2D eigenvalue weighted by Crippen LogP contribution is -2.45. The van der Waals surface area contributed by atoms with Gasteiger partial charge in [-0.3, -0.25) is 9.78 Å². The average molecular weight is 285 g/mol. The summed E-state index contributed by atoms with van der Waals surface area (Å²) in [6.45, 7) is 0.816. The average Bonchev–Trinajstić information content (AvgIpc) is 3.09. The summed E-state index contributed by atoms with van der Waals surface area (Å²) in [5.41, 5.74) is 0.165. The second-order valence-electron chi connectivity index (χ2n) is 5.77. The highest BCUT2D eigenvalue weighted by Gasteiger charge is 2.65. The molecule has 3 aliphatic heterocycles. The van der Waals surface area contributed by atoms with Crippen molar-refractivity contribution in [1.29, 1.82) is 0 Å². The number of carboxylic acids is 1. The monoisotopic (exact) mass is 285 g/mol. The van der Waals surface area contributed by atoms with Crippen LogP contribution in [0.2, 0.25) is 0 Å². The molecule has 21 heavy (non-hydrogen) atoms. The summed E-state index contributed by atoms with van der Waals surface area (Å²) in [6.07, 6.45) is 6.38. The van der Waals surface area contributed by atoms with E-state index in [1.807, 2.05) is 18.2 Å². The number of nitrogens with zero attached hydrogens (tertiary/aromatic N) is 2. The van der Waals surface area contributed by atoms with Gasteiger partial charge < -0.3 is 19.5 Å². The maximum atomic E-state index is 12.6. The number of amides is 1. The summed E-state index contributed by atoms with van der Waals surface area (Å²) in [7, 11) is 0. The van der Waals surface area contributed by atoms with Gasteiger partial charge in [0.15, 0.2) is 0 Å². The highest BCUT2D eigenvalue weighted by molar-refractivity contribution is 5.90. The van der Waals surface area contributed by atoms with Crippen LogP contribution < -0.4 is 5.11 Å². The second-order valence-corrected chi connectivity index (χ2v) is 5.77. The van der Waals surface area contributed by atoms with E-state index in [-0.39, 0.29) is 5.91 Å². The summed E-state index contributed by atoms with van der Waals surface area (Å²) in [5.74, 6) is -2.94. The molecule has 4 heterocycles. The van der Waals surface area contributed by atoms with Crippen molar-refractivity contribution < 1.29 is 19.4 Å². The summed E-state index contributed by atoms with van der Waals surface area (Å²) in [6, 6.07) is 3.67. The Kier molecular flexibility index (Phi) is 2.47. The lowest BCUT2D eigenvalue weighted by Gasteiger charge is -2.24. The van der Waals surface area contributed by atoms with E-state index in [0.717, 1.165) is 5.56 Å². The highest BCUT2D eigenvalue weighted by Crippen LogP contribution is 2.51. The van der Waals surface area contributed by atoms with E-state index in [0.29, 0.717) is 13.1 Å². The summed E-state index contributed by atoms with van der Waals surface area (Å²) < 4.78 is 5.79. The van der Waals surface area contributed by atoms with E-state index in [1.165, 1.54) is 0 Å². The van der Waals surface area contributed by atoms with Crippen LogP contribution in [0.3, 0.4) is 0 Å². The van der Waals surface area contributed by atoms with Gasteiger partial charge in [-0.25, -0.2) is 0 Å². The Labute approximate surface area is 121 Å². The van der Waals surface area contributed by atoms with Crippen LogP contribution in [0.5, 0.6) is 0 Å². The smallest absolute Gasteiger partial charge is 0.230 e. The molecule has 6 heteroatoms. The Hall–Kier alpha value is -2.21. The molecule has 2 saturated heterocycles. The number of likely N-dealkylation sites (tertiary alicyclic amines) is 1. The van der Waals surface area contributed by atoms with Crippen LogP contribution in [-0.4, -0.2) is 40.0 Å². The number of carbonyl (C=O) groups excluding carboxylic acids is 2. The number of aliphatic carboxylic acids is 1. The molecule has 0 saturated carbocycles. The Morgan fingerprint density at radius 2 is 2.24 bits per heavy atom. The van der Waals surface area contributed by atoms with Crippen molar-refractivity contribution in [2.24, 2.45) is 11.8 Å². The molecule has 0 unspecified atom stereocenters. The SMILES string of the molecule is O=C([O-])[C@H]1[C@@H]2C=C[C@]3(CN(Cc4ccncc4)C(=O)[C@@H]13)O2. The van der Waals surface area contributed by atoms with E-state index >= 15 is 0 Å². The van der Waals surface area contributed by atoms with Gasteiger partial charge in [0.2, 0.25) is 5.91 Å². The molecule has 0 aromatic carbocycles. The largest absolute Gasteiger partial charge is 0.550 e. The van der Waals surface area contributed by atoms with Crippen LogP contribution in [0.25, 0.3) is 0 Å². The molecule has 0 N–H and O–H groups in total. The van der Waals surface area contributed by atoms with Crippen LogP contribution in [0.1, 0.15) is 5.56 Å². The van der Waals surface area contributed by atoms with Crippen molar-refractivity contribution in [3.8, 4) is 0 Å². The summed E-state index contributed by atoms with van der Waals surface area (Å²) in [4.78, 5) is 29.5. The first kappa shape index (κ1) is 12.5. The van der Waals surface area contributed by atoms with Crippen LogP contribution in [0, 0.1) is 11.8 Å². The number of aromatic nitrogens is 1. The fourth-order valence-corrected chi connectivity index (χ4v) is 3.69. The van der Waals surface area contributed by atoms with Crippen molar-refractivity contribution in [1.82, 2.24) is 9.88 Å². The highest BCUT2D eigenvalue weighted by atomic mass is 16.5. The lowest BCUT2D eigenvalue weighted by molar-refractivity contribution is -0.313. The van der Waals surface area contributed by atoms with Crippen LogP contribution >= 0.6 is 0 Å². The molecule has 1 spiro atoms. The van der Waals surface area contributed by atoms with E-state index in [4.69, 9.17) is 4.74 Å². The zero-order valence-electron chi connectivity index (χ0n) is 11.1. The summed E-state index contributed by atoms with van der Waals surface area (Å²) >= 11 is 0. The topological polar surface area (TPSA) is 82.6 Å².